The molecule has 0 aliphatic rings. The summed E-state index contributed by atoms with van der Waals surface area (Å²) in [6.07, 6.45) is 2.66. The number of benzene rings is 1. The number of hydrogen-bond acceptors (Lipinski definition) is 2. The van der Waals surface area contributed by atoms with E-state index in [2.05, 4.69) is 36.2 Å². The molecule has 1 aromatic heterocycles. The molecule has 3 nitrogen and oxygen atoms in total. The summed E-state index contributed by atoms with van der Waals surface area (Å²) in [5.74, 6) is 0.297. The lowest BCUT2D eigenvalue weighted by Crippen LogP contribution is -3.04. The average molecular weight is 257 g/mol. The van der Waals surface area contributed by atoms with Crippen LogP contribution in [0.3, 0.4) is 0 Å². The van der Waals surface area contributed by atoms with Gasteiger partial charge in [-0.1, -0.05) is 29.8 Å². The molecule has 19 heavy (non-hydrogen) atoms. The summed E-state index contributed by atoms with van der Waals surface area (Å²) in [7, 11) is 4.09. The summed E-state index contributed by atoms with van der Waals surface area (Å²) >= 11 is 0. The zero-order chi connectivity index (χ0) is 13.8. The van der Waals surface area contributed by atoms with Crippen molar-refractivity contribution in [3.05, 3.63) is 58.9 Å². The molecule has 0 atom stereocenters. The van der Waals surface area contributed by atoms with Gasteiger partial charge < -0.3 is 10.0 Å². The minimum Gasteiger partial charge on any atom is -0.506 e. The van der Waals surface area contributed by atoms with Crippen LogP contribution < -0.4 is 4.90 Å². The Morgan fingerprint density at radius 3 is 2.37 bits per heavy atom. The molecule has 0 aliphatic heterocycles. The number of aromatic hydroxyl groups is 1. The number of quaternary nitrogens is 1. The second-order valence-corrected chi connectivity index (χ2v) is 5.36. The normalized spacial score (nSPS) is 10.9. The van der Waals surface area contributed by atoms with E-state index in [-0.39, 0.29) is 0 Å². The van der Waals surface area contributed by atoms with E-state index in [9.17, 15) is 5.11 Å². The fraction of sp³-hybridized carbons (Fsp3) is 0.312. The topological polar surface area (TPSA) is 37.6 Å². The van der Waals surface area contributed by atoms with Crippen LogP contribution in [0, 0.1) is 6.92 Å². The quantitative estimate of drug-likeness (QED) is 0.867. The lowest BCUT2D eigenvalue weighted by atomic mass is 10.0. The molecule has 2 rings (SSSR count). The van der Waals surface area contributed by atoms with Crippen LogP contribution in [0.25, 0.3) is 0 Å². The number of aromatic nitrogens is 1. The average Bonchev–Trinajstić information content (AvgIpc) is 2.35. The summed E-state index contributed by atoms with van der Waals surface area (Å²) < 4.78 is 0. The van der Waals surface area contributed by atoms with Crippen LogP contribution >= 0.6 is 0 Å². The van der Waals surface area contributed by atoms with Gasteiger partial charge in [0.1, 0.15) is 18.0 Å². The van der Waals surface area contributed by atoms with Crippen molar-refractivity contribution in [2.24, 2.45) is 0 Å². The number of nitrogens with one attached hydrogen (secondary N) is 1. The summed E-state index contributed by atoms with van der Waals surface area (Å²) in [5, 5.41) is 9.99. The third kappa shape index (κ3) is 3.80. The molecular weight excluding hydrogens is 236 g/mol. The molecule has 2 N–H and O–H groups in total. The van der Waals surface area contributed by atoms with Crippen molar-refractivity contribution >= 4 is 0 Å². The Morgan fingerprint density at radius 2 is 1.79 bits per heavy atom. The third-order valence-corrected chi connectivity index (χ3v) is 3.05. The standard InChI is InChI=1S/C16H20N2O/c1-12-4-6-13(7-5-12)8-14-9-16(19)15(17-10-14)11-18(2)3/h4-7,9-10,19H,8,11H2,1-3H3/p+1. The van der Waals surface area contributed by atoms with Gasteiger partial charge in [-0.3, -0.25) is 4.98 Å². The Labute approximate surface area is 114 Å². The molecule has 1 aromatic carbocycles. The molecule has 0 unspecified atom stereocenters. The van der Waals surface area contributed by atoms with E-state index in [0.29, 0.717) is 5.75 Å². The monoisotopic (exact) mass is 257 g/mol. The first-order chi connectivity index (χ1) is 9.04. The van der Waals surface area contributed by atoms with E-state index < -0.39 is 0 Å². The molecule has 0 amide bonds. The van der Waals surface area contributed by atoms with Crippen LogP contribution in [0.2, 0.25) is 0 Å². The third-order valence-electron chi connectivity index (χ3n) is 3.05. The summed E-state index contributed by atoms with van der Waals surface area (Å²) in [4.78, 5) is 5.61. The van der Waals surface area contributed by atoms with E-state index in [1.807, 2.05) is 26.4 Å². The van der Waals surface area contributed by atoms with Crippen molar-refractivity contribution in [1.82, 2.24) is 4.98 Å². The van der Waals surface area contributed by atoms with E-state index in [4.69, 9.17) is 0 Å². The van der Waals surface area contributed by atoms with Gasteiger partial charge >= 0.3 is 0 Å². The van der Waals surface area contributed by atoms with Crippen LogP contribution in [-0.2, 0) is 13.0 Å². The Kier molecular flexibility index (Phi) is 4.17. The summed E-state index contributed by atoms with van der Waals surface area (Å²) in [6.45, 7) is 2.81. The first-order valence-electron chi connectivity index (χ1n) is 6.56. The van der Waals surface area contributed by atoms with E-state index in [1.165, 1.54) is 16.0 Å². The van der Waals surface area contributed by atoms with Crippen molar-refractivity contribution in [3.63, 3.8) is 0 Å². The minimum absolute atomic E-state index is 0.297. The Balaban J connectivity index is 2.13. The van der Waals surface area contributed by atoms with Gasteiger partial charge in [-0.25, -0.2) is 0 Å². The molecule has 0 saturated heterocycles. The maximum atomic E-state index is 9.99. The molecule has 0 saturated carbocycles. The SMILES string of the molecule is Cc1ccc(Cc2cnc(C[NH+](C)C)c(O)c2)cc1. The van der Waals surface area contributed by atoms with Crippen molar-refractivity contribution in [3.8, 4) is 5.75 Å². The predicted molar refractivity (Wildman–Crippen MR) is 76.4 cm³/mol. The van der Waals surface area contributed by atoms with Gasteiger partial charge in [0.05, 0.1) is 14.1 Å². The number of rotatable bonds is 4. The highest BCUT2D eigenvalue weighted by Crippen LogP contribution is 2.18. The van der Waals surface area contributed by atoms with Gasteiger partial charge in [0.15, 0.2) is 0 Å². The number of pyridine rings is 1. The van der Waals surface area contributed by atoms with Gasteiger partial charge in [0.2, 0.25) is 0 Å². The predicted octanol–water partition coefficient (Wildman–Crippen LogP) is 1.33. The van der Waals surface area contributed by atoms with Crippen molar-refractivity contribution < 1.29 is 10.0 Å². The summed E-state index contributed by atoms with van der Waals surface area (Å²) in [5.41, 5.74) is 4.29. The van der Waals surface area contributed by atoms with Crippen LogP contribution in [0.15, 0.2) is 36.5 Å². The van der Waals surface area contributed by atoms with Crippen LogP contribution in [0.5, 0.6) is 5.75 Å². The molecule has 1 heterocycles. The Morgan fingerprint density at radius 1 is 1.11 bits per heavy atom. The Hall–Kier alpha value is -1.87. The van der Waals surface area contributed by atoms with Gasteiger partial charge in [-0.2, -0.15) is 0 Å². The van der Waals surface area contributed by atoms with E-state index >= 15 is 0 Å². The van der Waals surface area contributed by atoms with Crippen LogP contribution in [0.1, 0.15) is 22.4 Å². The molecule has 100 valence electrons. The second kappa shape index (κ2) is 5.85. The zero-order valence-corrected chi connectivity index (χ0v) is 11.8. The van der Waals surface area contributed by atoms with Gasteiger partial charge in [-0.15, -0.1) is 0 Å². The lowest BCUT2D eigenvalue weighted by Gasteiger charge is -2.09. The van der Waals surface area contributed by atoms with Crippen LogP contribution in [-0.4, -0.2) is 24.2 Å². The van der Waals surface area contributed by atoms with Crippen molar-refractivity contribution in [2.75, 3.05) is 14.1 Å². The highest BCUT2D eigenvalue weighted by molar-refractivity contribution is 5.33. The number of hydrogen-bond donors (Lipinski definition) is 2. The number of aryl methyl sites for hydroxylation is 1. The maximum Gasteiger partial charge on any atom is 0.143 e. The molecule has 2 aromatic rings. The molecule has 0 aliphatic carbocycles. The molecule has 3 heteroatoms. The van der Waals surface area contributed by atoms with Crippen molar-refractivity contribution in [2.45, 2.75) is 19.9 Å². The van der Waals surface area contributed by atoms with Gasteiger partial charge in [-0.05, 0) is 30.5 Å². The highest BCUT2D eigenvalue weighted by Gasteiger charge is 2.08. The molecule has 0 spiro atoms. The molecule has 0 bridgehead atoms. The first kappa shape index (κ1) is 13.6. The van der Waals surface area contributed by atoms with Crippen LogP contribution in [0.4, 0.5) is 0 Å². The zero-order valence-electron chi connectivity index (χ0n) is 11.8. The fourth-order valence-electron chi connectivity index (χ4n) is 2.03. The Bertz CT molecular complexity index is 547. The fourth-order valence-corrected chi connectivity index (χ4v) is 2.03. The largest absolute Gasteiger partial charge is 0.506 e. The molecule has 0 radical (unpaired) electrons. The van der Waals surface area contributed by atoms with Gasteiger partial charge in [0, 0.05) is 6.20 Å². The second-order valence-electron chi connectivity index (χ2n) is 5.36. The summed E-state index contributed by atoms with van der Waals surface area (Å²) in [6, 6.07) is 10.3. The smallest absolute Gasteiger partial charge is 0.143 e. The van der Waals surface area contributed by atoms with E-state index in [1.54, 1.807) is 0 Å². The maximum absolute atomic E-state index is 9.99. The molecular formula is C16H21N2O+. The molecule has 0 fully saturated rings. The first-order valence-corrected chi connectivity index (χ1v) is 6.56. The highest BCUT2D eigenvalue weighted by atomic mass is 16.3. The van der Waals surface area contributed by atoms with E-state index in [0.717, 1.165) is 24.2 Å². The lowest BCUT2D eigenvalue weighted by molar-refractivity contribution is -0.873. The number of nitrogens with zero attached hydrogens (tertiary/aromatic N) is 1. The van der Waals surface area contributed by atoms with Crippen molar-refractivity contribution in [1.29, 1.82) is 0 Å². The minimum atomic E-state index is 0.297. The van der Waals surface area contributed by atoms with Gasteiger partial charge in [0.25, 0.3) is 0 Å².